The standard InChI is InChI=1S/C23H32F3N5O4/c1-21(2,3)34-20(33)31-9-6-22(7-10-31)15-17(28-35-22)19(32)30-13-11-29(12-14-30)18-16(23(24,25)26)5-4-8-27-18/h4-5,8,18,27H,6-7,9-15H2,1-3H3. The van der Waals surface area contributed by atoms with Crippen LogP contribution in [0.5, 0.6) is 0 Å². The number of nitrogens with one attached hydrogen (secondary N) is 1. The number of rotatable bonds is 2. The average molecular weight is 500 g/mol. The number of hydrogen-bond donors (Lipinski definition) is 1. The van der Waals surface area contributed by atoms with Crippen LogP contribution in [0.4, 0.5) is 18.0 Å². The molecule has 12 heteroatoms. The van der Waals surface area contributed by atoms with Gasteiger partial charge in [-0.3, -0.25) is 9.69 Å². The number of carbonyl (C=O) groups excluding carboxylic acids is 2. The van der Waals surface area contributed by atoms with Crippen LogP contribution in [0.1, 0.15) is 40.0 Å². The molecule has 0 aromatic heterocycles. The largest absolute Gasteiger partial charge is 0.444 e. The molecule has 4 aliphatic heterocycles. The Labute approximate surface area is 202 Å². The van der Waals surface area contributed by atoms with Gasteiger partial charge in [0.25, 0.3) is 5.91 Å². The van der Waals surface area contributed by atoms with E-state index < -0.39 is 29.1 Å². The van der Waals surface area contributed by atoms with Gasteiger partial charge in [0.15, 0.2) is 0 Å². The highest BCUT2D eigenvalue weighted by molar-refractivity contribution is 6.39. The number of nitrogens with zero attached hydrogens (tertiary/aromatic N) is 4. The summed E-state index contributed by atoms with van der Waals surface area (Å²) in [7, 11) is 0. The van der Waals surface area contributed by atoms with E-state index in [2.05, 4.69) is 10.5 Å². The maximum atomic E-state index is 13.4. The molecule has 1 unspecified atom stereocenters. The minimum atomic E-state index is -4.43. The Morgan fingerprint density at radius 3 is 2.34 bits per heavy atom. The van der Waals surface area contributed by atoms with Crippen molar-refractivity contribution in [3.8, 4) is 0 Å². The number of oxime groups is 1. The fraction of sp³-hybridized carbons (Fsp3) is 0.696. The molecule has 0 saturated carbocycles. The van der Waals surface area contributed by atoms with E-state index in [1.165, 1.54) is 12.3 Å². The molecule has 2 saturated heterocycles. The van der Waals surface area contributed by atoms with Crippen molar-refractivity contribution >= 4 is 17.7 Å². The molecule has 2 fully saturated rings. The summed E-state index contributed by atoms with van der Waals surface area (Å²) in [5.74, 6) is -0.251. The van der Waals surface area contributed by atoms with Crippen LogP contribution in [0.3, 0.4) is 0 Å². The zero-order valence-electron chi connectivity index (χ0n) is 20.2. The number of alkyl halides is 3. The Kier molecular flexibility index (Phi) is 6.78. The van der Waals surface area contributed by atoms with Gasteiger partial charge in [-0.05, 0) is 39.1 Å². The van der Waals surface area contributed by atoms with Gasteiger partial charge in [0.05, 0.1) is 5.57 Å². The predicted octanol–water partition coefficient (Wildman–Crippen LogP) is 2.61. The van der Waals surface area contributed by atoms with Crippen LogP contribution in [0.2, 0.25) is 0 Å². The fourth-order valence-corrected chi connectivity index (χ4v) is 4.72. The van der Waals surface area contributed by atoms with E-state index in [4.69, 9.17) is 9.57 Å². The summed E-state index contributed by atoms with van der Waals surface area (Å²) in [6.07, 6.45) is -0.434. The van der Waals surface area contributed by atoms with Gasteiger partial charge in [-0.2, -0.15) is 13.2 Å². The lowest BCUT2D eigenvalue weighted by Crippen LogP contribution is -2.58. The van der Waals surface area contributed by atoms with E-state index in [0.717, 1.165) is 6.08 Å². The maximum Gasteiger partial charge on any atom is 0.415 e. The minimum Gasteiger partial charge on any atom is -0.444 e. The Balaban J connectivity index is 1.27. The van der Waals surface area contributed by atoms with Crippen molar-refractivity contribution < 1.29 is 32.3 Å². The predicted molar refractivity (Wildman–Crippen MR) is 121 cm³/mol. The summed E-state index contributed by atoms with van der Waals surface area (Å²) in [5.41, 5.74) is -1.51. The molecule has 4 heterocycles. The van der Waals surface area contributed by atoms with E-state index >= 15 is 0 Å². The second kappa shape index (κ2) is 9.36. The number of carbonyl (C=O) groups is 2. The van der Waals surface area contributed by atoms with Crippen LogP contribution < -0.4 is 5.32 Å². The van der Waals surface area contributed by atoms with E-state index in [-0.39, 0.29) is 12.0 Å². The zero-order chi connectivity index (χ0) is 25.4. The van der Waals surface area contributed by atoms with Crippen molar-refractivity contribution in [3.05, 3.63) is 23.9 Å². The molecule has 35 heavy (non-hydrogen) atoms. The third-order valence-electron chi connectivity index (χ3n) is 6.63. The van der Waals surface area contributed by atoms with Crippen molar-refractivity contribution in [2.45, 2.75) is 63.6 Å². The van der Waals surface area contributed by atoms with E-state index in [9.17, 15) is 22.8 Å². The smallest absolute Gasteiger partial charge is 0.415 e. The van der Waals surface area contributed by atoms with E-state index in [1.54, 1.807) is 14.7 Å². The molecule has 0 radical (unpaired) electrons. The SMILES string of the molecule is CC(C)(C)OC(=O)N1CCC2(CC1)CC(C(=O)N1CCN(C3NC=CC=C3C(F)(F)F)CC1)=NO2. The Morgan fingerprint density at radius 2 is 1.74 bits per heavy atom. The molecule has 4 aliphatic rings. The van der Waals surface area contributed by atoms with Crippen molar-refractivity contribution in [2.75, 3.05) is 39.3 Å². The lowest BCUT2D eigenvalue weighted by atomic mass is 9.86. The number of halogens is 3. The third-order valence-corrected chi connectivity index (χ3v) is 6.63. The number of piperazine rings is 1. The number of piperidine rings is 1. The van der Waals surface area contributed by atoms with Crippen molar-refractivity contribution in [3.63, 3.8) is 0 Å². The quantitative estimate of drug-likeness (QED) is 0.629. The number of likely N-dealkylation sites (tertiary alicyclic amines) is 1. The first kappa shape index (κ1) is 25.3. The molecule has 0 aromatic rings. The normalized spacial score (nSPS) is 25.0. The molecule has 1 N–H and O–H groups in total. The summed E-state index contributed by atoms with van der Waals surface area (Å²) < 4.78 is 45.6. The highest BCUT2D eigenvalue weighted by atomic mass is 19.4. The molecule has 194 valence electrons. The van der Waals surface area contributed by atoms with Gasteiger partial charge in [0, 0.05) is 58.5 Å². The monoisotopic (exact) mass is 499 g/mol. The second-order valence-corrected chi connectivity index (χ2v) is 10.3. The lowest BCUT2D eigenvalue weighted by molar-refractivity contribution is -0.127. The summed E-state index contributed by atoms with van der Waals surface area (Å²) in [6, 6.07) is 0. The molecule has 0 aromatic carbocycles. The summed E-state index contributed by atoms with van der Waals surface area (Å²) in [6.45, 7) is 7.53. The Hall–Kier alpha value is -2.76. The van der Waals surface area contributed by atoms with Gasteiger partial charge in [-0.1, -0.05) is 5.16 Å². The summed E-state index contributed by atoms with van der Waals surface area (Å²) >= 11 is 0. The topological polar surface area (TPSA) is 86.7 Å². The van der Waals surface area contributed by atoms with Crippen LogP contribution in [-0.2, 0) is 14.4 Å². The second-order valence-electron chi connectivity index (χ2n) is 10.3. The average Bonchev–Trinajstić information content (AvgIpc) is 3.21. The van der Waals surface area contributed by atoms with Gasteiger partial charge < -0.3 is 24.7 Å². The van der Waals surface area contributed by atoms with Crippen LogP contribution in [-0.4, -0.2) is 95.2 Å². The van der Waals surface area contributed by atoms with Gasteiger partial charge in [-0.15, -0.1) is 0 Å². The maximum absolute atomic E-state index is 13.4. The van der Waals surface area contributed by atoms with Crippen molar-refractivity contribution in [1.82, 2.24) is 20.0 Å². The lowest BCUT2D eigenvalue weighted by Gasteiger charge is -2.41. The van der Waals surface area contributed by atoms with E-state index in [0.29, 0.717) is 64.2 Å². The molecule has 2 amide bonds. The Morgan fingerprint density at radius 1 is 1.09 bits per heavy atom. The number of hydrogen-bond acceptors (Lipinski definition) is 7. The third kappa shape index (κ3) is 5.74. The number of allylic oxidation sites excluding steroid dienone is 2. The molecule has 4 rings (SSSR count). The molecule has 0 bridgehead atoms. The highest BCUT2D eigenvalue weighted by Crippen LogP contribution is 2.36. The first-order valence-electron chi connectivity index (χ1n) is 11.8. The van der Waals surface area contributed by atoms with Gasteiger partial charge >= 0.3 is 12.3 Å². The van der Waals surface area contributed by atoms with Crippen molar-refractivity contribution in [1.29, 1.82) is 0 Å². The molecular weight excluding hydrogens is 467 g/mol. The number of amides is 2. The molecular formula is C23H32F3N5O4. The van der Waals surface area contributed by atoms with Gasteiger partial charge in [0.2, 0.25) is 0 Å². The zero-order valence-corrected chi connectivity index (χ0v) is 20.2. The minimum absolute atomic E-state index is 0.251. The molecule has 1 atom stereocenters. The number of dihydropyridines is 1. The van der Waals surface area contributed by atoms with Gasteiger partial charge in [-0.25, -0.2) is 4.79 Å². The first-order chi connectivity index (χ1) is 16.4. The van der Waals surface area contributed by atoms with Crippen LogP contribution >= 0.6 is 0 Å². The molecule has 1 spiro atoms. The highest BCUT2D eigenvalue weighted by Gasteiger charge is 2.46. The summed E-state index contributed by atoms with van der Waals surface area (Å²) in [4.78, 5) is 36.0. The molecule has 9 nitrogen and oxygen atoms in total. The Bertz CT molecular complexity index is 924. The van der Waals surface area contributed by atoms with Gasteiger partial charge in [0.1, 0.15) is 23.1 Å². The fourth-order valence-electron chi connectivity index (χ4n) is 4.72. The van der Waals surface area contributed by atoms with Crippen LogP contribution in [0.15, 0.2) is 29.1 Å². The van der Waals surface area contributed by atoms with E-state index in [1.807, 2.05) is 20.8 Å². The number of ether oxygens (including phenoxy) is 1. The van der Waals surface area contributed by atoms with Crippen LogP contribution in [0, 0.1) is 0 Å². The molecule has 0 aliphatic carbocycles. The van der Waals surface area contributed by atoms with Crippen LogP contribution in [0.25, 0.3) is 0 Å². The first-order valence-corrected chi connectivity index (χ1v) is 11.8. The van der Waals surface area contributed by atoms with Crippen molar-refractivity contribution in [2.24, 2.45) is 5.16 Å². The summed E-state index contributed by atoms with van der Waals surface area (Å²) in [5, 5.41) is 6.85.